The van der Waals surface area contributed by atoms with Gasteiger partial charge in [0, 0.05) is 18.5 Å². The number of benzene rings is 1. The van der Waals surface area contributed by atoms with E-state index in [1.165, 1.54) is 12.4 Å². The van der Waals surface area contributed by atoms with E-state index in [-0.39, 0.29) is 11.5 Å². The van der Waals surface area contributed by atoms with Crippen LogP contribution in [0.3, 0.4) is 0 Å². The van der Waals surface area contributed by atoms with Crippen LogP contribution in [0.25, 0.3) is 0 Å². The molecule has 26 heavy (non-hydrogen) atoms. The Balaban J connectivity index is 1.94. The lowest BCUT2D eigenvalue weighted by Crippen LogP contribution is -2.36. The number of hydrazone groups is 1. The highest BCUT2D eigenvalue weighted by atomic mass is 32.2. The van der Waals surface area contributed by atoms with Crippen molar-refractivity contribution in [3.8, 4) is 0 Å². The first-order valence-corrected chi connectivity index (χ1v) is 9.40. The molecule has 1 aromatic carbocycles. The largest absolute Gasteiger partial charge is 0.287 e. The highest BCUT2D eigenvalue weighted by Crippen LogP contribution is 2.24. The molecule has 2 unspecified atom stereocenters. The van der Waals surface area contributed by atoms with Gasteiger partial charge in [-0.1, -0.05) is 6.92 Å². The van der Waals surface area contributed by atoms with E-state index in [1.54, 1.807) is 6.92 Å². The highest BCUT2D eigenvalue weighted by Gasteiger charge is 2.37. The van der Waals surface area contributed by atoms with Gasteiger partial charge in [-0.25, -0.2) is 17.2 Å². The molecule has 0 fully saturated rings. The summed E-state index contributed by atoms with van der Waals surface area (Å²) in [5.41, 5.74) is 1.20. The maximum Gasteiger partial charge on any atom is 0.232 e. The number of hydrogen-bond acceptors (Lipinski definition) is 7. The molecule has 2 heterocycles. The third-order valence-corrected chi connectivity index (χ3v) is 5.19. The molecule has 0 saturated carbocycles. The summed E-state index contributed by atoms with van der Waals surface area (Å²) in [4.78, 5) is 20.7. The minimum Gasteiger partial charge on any atom is -0.287 e. The lowest BCUT2D eigenvalue weighted by atomic mass is 9.99. The standard InChI is InChI=1S/C15H15F2N5O3S/c1-2-5-26(24,25)22-10-7-8(16)6-9(11(10)17)14(23)12-13-15(21-20-12)19-4-3-18-13/h3-4,6-7,13,15,21-22H,2,5H2,1H3. The van der Waals surface area contributed by atoms with Crippen LogP contribution in [0.4, 0.5) is 14.5 Å². The van der Waals surface area contributed by atoms with Crippen molar-refractivity contribution in [2.75, 3.05) is 10.5 Å². The van der Waals surface area contributed by atoms with E-state index in [1.807, 2.05) is 4.72 Å². The number of halogens is 2. The zero-order valence-electron chi connectivity index (χ0n) is 13.6. The average Bonchev–Trinajstić information content (AvgIpc) is 3.01. The van der Waals surface area contributed by atoms with Gasteiger partial charge in [0.1, 0.15) is 17.6 Å². The third-order valence-electron chi connectivity index (χ3n) is 3.71. The molecule has 0 spiro atoms. The van der Waals surface area contributed by atoms with Crippen LogP contribution < -0.4 is 10.1 Å². The Kier molecular flexibility index (Phi) is 4.81. The van der Waals surface area contributed by atoms with E-state index in [2.05, 4.69) is 20.5 Å². The van der Waals surface area contributed by atoms with Crippen molar-refractivity contribution in [2.45, 2.75) is 25.6 Å². The molecule has 0 aliphatic carbocycles. The molecule has 2 aliphatic rings. The minimum absolute atomic E-state index is 0.130. The van der Waals surface area contributed by atoms with Gasteiger partial charge in [-0.05, 0) is 12.5 Å². The Hall–Kier alpha value is -2.69. The van der Waals surface area contributed by atoms with Crippen molar-refractivity contribution in [3.05, 3.63) is 29.3 Å². The predicted molar refractivity (Wildman–Crippen MR) is 93.5 cm³/mol. The van der Waals surface area contributed by atoms with Crippen LogP contribution in [-0.4, -0.2) is 50.3 Å². The number of carbonyl (C=O) groups excluding carboxylic acids is 1. The molecular weight excluding hydrogens is 368 g/mol. The van der Waals surface area contributed by atoms with Gasteiger partial charge in [-0.3, -0.25) is 24.9 Å². The number of sulfonamides is 1. The summed E-state index contributed by atoms with van der Waals surface area (Å²) in [6.07, 6.45) is 2.52. The molecule has 138 valence electrons. The Morgan fingerprint density at radius 2 is 2.00 bits per heavy atom. The monoisotopic (exact) mass is 383 g/mol. The third kappa shape index (κ3) is 3.47. The molecule has 0 radical (unpaired) electrons. The number of nitrogens with one attached hydrogen (secondary N) is 2. The lowest BCUT2D eigenvalue weighted by Gasteiger charge is -2.15. The van der Waals surface area contributed by atoms with Gasteiger partial charge in [0.2, 0.25) is 15.8 Å². The molecule has 11 heteroatoms. The molecule has 1 aromatic rings. The number of nitrogens with zero attached hydrogens (tertiary/aromatic N) is 3. The average molecular weight is 383 g/mol. The van der Waals surface area contributed by atoms with Crippen molar-refractivity contribution < 1.29 is 22.0 Å². The number of aliphatic imine (C=N–C) groups is 2. The molecule has 0 aromatic heterocycles. The highest BCUT2D eigenvalue weighted by molar-refractivity contribution is 7.92. The Labute approximate surface area is 148 Å². The van der Waals surface area contributed by atoms with Crippen molar-refractivity contribution in [3.63, 3.8) is 0 Å². The van der Waals surface area contributed by atoms with Crippen molar-refractivity contribution in [2.24, 2.45) is 15.1 Å². The van der Waals surface area contributed by atoms with Gasteiger partial charge in [0.25, 0.3) is 0 Å². The quantitative estimate of drug-likeness (QED) is 0.717. The SMILES string of the molecule is CCCS(=O)(=O)Nc1cc(F)cc(C(=O)C2=NNC3N=CC=NC23)c1F. The number of Topliss-reactive ketones (excluding diaryl/α,β-unsaturated/α-hetero) is 1. The maximum atomic E-state index is 14.7. The Morgan fingerprint density at radius 3 is 2.73 bits per heavy atom. The summed E-state index contributed by atoms with van der Waals surface area (Å²) in [6, 6.07) is 0.622. The summed E-state index contributed by atoms with van der Waals surface area (Å²) in [5, 5.41) is 3.82. The van der Waals surface area contributed by atoms with Crippen molar-refractivity contribution in [1.29, 1.82) is 0 Å². The Morgan fingerprint density at radius 1 is 1.27 bits per heavy atom. The molecule has 0 amide bonds. The number of fused-ring (bicyclic) bond motifs is 1. The van der Waals surface area contributed by atoms with Crippen LogP contribution in [0, 0.1) is 11.6 Å². The molecule has 2 atom stereocenters. The summed E-state index contributed by atoms with van der Waals surface area (Å²) in [5.74, 6) is -3.30. The first-order valence-electron chi connectivity index (χ1n) is 7.74. The first kappa shape index (κ1) is 18.1. The van der Waals surface area contributed by atoms with Crippen LogP contribution >= 0.6 is 0 Å². The zero-order chi connectivity index (χ0) is 18.9. The fraction of sp³-hybridized carbons (Fsp3) is 0.333. The number of rotatable bonds is 6. The summed E-state index contributed by atoms with van der Waals surface area (Å²) in [7, 11) is -3.86. The fourth-order valence-corrected chi connectivity index (χ4v) is 3.71. The van der Waals surface area contributed by atoms with Gasteiger partial charge in [0.15, 0.2) is 12.0 Å². The van der Waals surface area contributed by atoms with Crippen LogP contribution in [0.1, 0.15) is 23.7 Å². The van der Waals surface area contributed by atoms with Gasteiger partial charge in [-0.15, -0.1) is 0 Å². The lowest BCUT2D eigenvalue weighted by molar-refractivity contribution is 0.105. The van der Waals surface area contributed by atoms with Gasteiger partial charge in [-0.2, -0.15) is 5.10 Å². The molecule has 3 rings (SSSR count). The molecule has 0 saturated heterocycles. The molecule has 2 N–H and O–H groups in total. The smallest absolute Gasteiger partial charge is 0.232 e. The molecular formula is C15H15F2N5O3S. The van der Waals surface area contributed by atoms with E-state index < -0.39 is 50.9 Å². The van der Waals surface area contributed by atoms with Gasteiger partial charge >= 0.3 is 0 Å². The minimum atomic E-state index is -3.86. The topological polar surface area (TPSA) is 112 Å². The normalized spacial score (nSPS) is 21.1. The summed E-state index contributed by atoms with van der Waals surface area (Å²) < 4.78 is 54.2. The van der Waals surface area contributed by atoms with E-state index in [4.69, 9.17) is 0 Å². The summed E-state index contributed by atoms with van der Waals surface area (Å²) in [6.45, 7) is 1.63. The first-order chi connectivity index (χ1) is 12.3. The predicted octanol–water partition coefficient (Wildman–Crippen LogP) is 1.11. The number of ketones is 1. The maximum absolute atomic E-state index is 14.7. The van der Waals surface area contributed by atoms with Gasteiger partial charge in [0.05, 0.1) is 17.0 Å². The number of carbonyl (C=O) groups is 1. The second-order valence-corrected chi connectivity index (χ2v) is 7.52. The van der Waals surface area contributed by atoms with E-state index >= 15 is 0 Å². The van der Waals surface area contributed by atoms with Gasteiger partial charge < -0.3 is 0 Å². The fourth-order valence-electron chi connectivity index (χ4n) is 2.59. The number of hydrogen-bond donors (Lipinski definition) is 2. The van der Waals surface area contributed by atoms with Crippen molar-refractivity contribution in [1.82, 2.24) is 5.43 Å². The molecule has 0 bridgehead atoms. The van der Waals surface area contributed by atoms with Crippen LogP contribution in [0.5, 0.6) is 0 Å². The van der Waals surface area contributed by atoms with Crippen LogP contribution in [0.2, 0.25) is 0 Å². The second-order valence-electron chi connectivity index (χ2n) is 5.68. The van der Waals surface area contributed by atoms with E-state index in [0.29, 0.717) is 18.6 Å². The van der Waals surface area contributed by atoms with Crippen LogP contribution in [0.15, 0.2) is 27.2 Å². The zero-order valence-corrected chi connectivity index (χ0v) is 14.4. The Bertz CT molecular complexity index is 943. The molecule has 2 aliphatic heterocycles. The van der Waals surface area contributed by atoms with E-state index in [0.717, 1.165) is 0 Å². The molecule has 8 nitrogen and oxygen atoms in total. The summed E-state index contributed by atoms with van der Waals surface area (Å²) >= 11 is 0. The second kappa shape index (κ2) is 6.90. The van der Waals surface area contributed by atoms with Crippen LogP contribution in [-0.2, 0) is 10.0 Å². The van der Waals surface area contributed by atoms with E-state index in [9.17, 15) is 22.0 Å². The van der Waals surface area contributed by atoms with Crippen molar-refractivity contribution >= 4 is 39.6 Å². The number of anilines is 1.